The van der Waals surface area contributed by atoms with Crippen LogP contribution >= 0.6 is 0 Å². The van der Waals surface area contributed by atoms with Gasteiger partial charge in [0.2, 0.25) is 0 Å². The molecule has 0 bridgehead atoms. The number of rotatable bonds is 2. The van der Waals surface area contributed by atoms with Gasteiger partial charge in [-0.25, -0.2) is 0 Å². The van der Waals surface area contributed by atoms with Crippen LogP contribution in [0.15, 0.2) is 18.2 Å². The van der Waals surface area contributed by atoms with Gasteiger partial charge in [0, 0.05) is 18.7 Å². The van der Waals surface area contributed by atoms with Crippen molar-refractivity contribution in [2.24, 2.45) is 5.92 Å². The number of phenolic OH excluding ortho intramolecular Hbond substituents is 2. The molecule has 1 amide bonds. The van der Waals surface area contributed by atoms with Gasteiger partial charge in [0.1, 0.15) is 0 Å². The summed E-state index contributed by atoms with van der Waals surface area (Å²) in [5.74, 6) is -2.10. The number of aromatic hydroxyl groups is 2. The van der Waals surface area contributed by atoms with Gasteiger partial charge in [0.25, 0.3) is 5.91 Å². The number of carboxylic acid groups (broad SMARTS) is 1. The fourth-order valence-electron chi connectivity index (χ4n) is 2.17. The topological polar surface area (TPSA) is 98.1 Å². The second-order valence-electron chi connectivity index (χ2n) is 4.61. The molecule has 1 aliphatic rings. The van der Waals surface area contributed by atoms with E-state index in [0.29, 0.717) is 25.9 Å². The lowest BCUT2D eigenvalue weighted by atomic mass is 9.96. The van der Waals surface area contributed by atoms with Crippen LogP contribution in [0, 0.1) is 5.92 Å². The van der Waals surface area contributed by atoms with E-state index in [0.717, 1.165) is 0 Å². The smallest absolute Gasteiger partial charge is 0.306 e. The van der Waals surface area contributed by atoms with Crippen LogP contribution < -0.4 is 0 Å². The van der Waals surface area contributed by atoms with Crippen molar-refractivity contribution in [2.75, 3.05) is 13.1 Å². The molecule has 3 N–H and O–H groups in total. The van der Waals surface area contributed by atoms with Crippen molar-refractivity contribution in [1.29, 1.82) is 0 Å². The summed E-state index contributed by atoms with van der Waals surface area (Å²) in [6.07, 6.45) is 0.871. The van der Waals surface area contributed by atoms with Gasteiger partial charge in [0.15, 0.2) is 11.5 Å². The monoisotopic (exact) mass is 265 g/mol. The lowest BCUT2D eigenvalue weighted by Crippen LogP contribution is -2.40. The fourth-order valence-corrected chi connectivity index (χ4v) is 2.17. The molecule has 2 rings (SSSR count). The molecule has 6 heteroatoms. The molecule has 0 aromatic heterocycles. The Labute approximate surface area is 109 Å². The van der Waals surface area contributed by atoms with Crippen LogP contribution in [0.5, 0.6) is 11.5 Å². The Balaban J connectivity index is 2.05. The quantitative estimate of drug-likeness (QED) is 0.694. The zero-order valence-electron chi connectivity index (χ0n) is 10.2. The highest BCUT2D eigenvalue weighted by molar-refractivity contribution is 5.95. The first-order valence-electron chi connectivity index (χ1n) is 6.03. The fraction of sp³-hybridized carbons (Fsp3) is 0.385. The summed E-state index contributed by atoms with van der Waals surface area (Å²) in [6.45, 7) is 0.773. The summed E-state index contributed by atoms with van der Waals surface area (Å²) in [5.41, 5.74) is 0.282. The average molecular weight is 265 g/mol. The lowest BCUT2D eigenvalue weighted by molar-refractivity contribution is -0.143. The van der Waals surface area contributed by atoms with E-state index >= 15 is 0 Å². The standard InChI is InChI=1S/C13H15NO5/c15-10-2-1-9(7-11(10)16)12(17)14-5-3-8(4-6-14)13(18)19/h1-2,7-8,15-16H,3-6H2,(H,18,19). The lowest BCUT2D eigenvalue weighted by Gasteiger charge is -2.30. The highest BCUT2D eigenvalue weighted by atomic mass is 16.4. The van der Waals surface area contributed by atoms with Crippen LogP contribution in [0.1, 0.15) is 23.2 Å². The van der Waals surface area contributed by atoms with Crippen molar-refractivity contribution in [1.82, 2.24) is 4.90 Å². The summed E-state index contributed by atoms with van der Waals surface area (Å²) in [6, 6.07) is 3.90. The summed E-state index contributed by atoms with van der Waals surface area (Å²) in [5, 5.41) is 27.4. The third-order valence-electron chi connectivity index (χ3n) is 3.35. The van der Waals surface area contributed by atoms with Gasteiger partial charge >= 0.3 is 5.97 Å². The Morgan fingerprint density at radius 3 is 2.26 bits per heavy atom. The maximum Gasteiger partial charge on any atom is 0.306 e. The molecule has 0 saturated carbocycles. The van der Waals surface area contributed by atoms with Crippen LogP contribution in [-0.2, 0) is 4.79 Å². The van der Waals surface area contributed by atoms with Crippen molar-refractivity contribution >= 4 is 11.9 Å². The minimum absolute atomic E-state index is 0.265. The molecule has 6 nitrogen and oxygen atoms in total. The van der Waals surface area contributed by atoms with Gasteiger partial charge < -0.3 is 20.2 Å². The van der Waals surface area contributed by atoms with Gasteiger partial charge in [-0.2, -0.15) is 0 Å². The maximum absolute atomic E-state index is 12.1. The molecule has 1 heterocycles. The molecule has 0 radical (unpaired) electrons. The molecule has 19 heavy (non-hydrogen) atoms. The Hall–Kier alpha value is -2.24. The molecule has 0 aliphatic carbocycles. The number of hydrogen-bond donors (Lipinski definition) is 3. The molecule has 0 atom stereocenters. The SMILES string of the molecule is O=C(O)C1CCN(C(=O)c2ccc(O)c(O)c2)CC1. The summed E-state index contributed by atoms with van der Waals surface area (Å²) in [7, 11) is 0. The molecule has 1 aromatic rings. The molecule has 1 aliphatic heterocycles. The molecule has 1 aromatic carbocycles. The van der Waals surface area contributed by atoms with E-state index in [1.54, 1.807) is 4.90 Å². The van der Waals surface area contributed by atoms with Gasteiger partial charge in [-0.05, 0) is 31.0 Å². The zero-order valence-corrected chi connectivity index (χ0v) is 10.2. The Bertz CT molecular complexity index is 506. The zero-order chi connectivity index (χ0) is 14.0. The number of carbonyl (C=O) groups is 2. The minimum atomic E-state index is -0.825. The number of nitrogens with zero attached hydrogens (tertiary/aromatic N) is 1. The first-order valence-corrected chi connectivity index (χ1v) is 6.03. The number of benzene rings is 1. The molecular weight excluding hydrogens is 250 g/mol. The second kappa shape index (κ2) is 5.17. The van der Waals surface area contributed by atoms with Crippen molar-refractivity contribution in [3.05, 3.63) is 23.8 Å². The predicted octanol–water partition coefficient (Wildman–Crippen LogP) is 1.03. The number of aliphatic carboxylic acids is 1. The van der Waals surface area contributed by atoms with Crippen LogP contribution in [-0.4, -0.2) is 45.2 Å². The van der Waals surface area contributed by atoms with Gasteiger partial charge in [-0.1, -0.05) is 0 Å². The number of amides is 1. The first-order chi connectivity index (χ1) is 8.99. The van der Waals surface area contributed by atoms with E-state index in [1.807, 2.05) is 0 Å². The van der Waals surface area contributed by atoms with Crippen molar-refractivity contribution in [3.8, 4) is 11.5 Å². The van der Waals surface area contributed by atoms with Crippen LogP contribution in [0.2, 0.25) is 0 Å². The normalized spacial score (nSPS) is 16.3. The Morgan fingerprint density at radius 1 is 1.11 bits per heavy atom. The molecule has 0 unspecified atom stereocenters. The number of carbonyl (C=O) groups excluding carboxylic acids is 1. The van der Waals surface area contributed by atoms with Gasteiger partial charge in [0.05, 0.1) is 5.92 Å². The third kappa shape index (κ3) is 2.78. The Kier molecular flexibility index (Phi) is 3.59. The number of phenols is 2. The van der Waals surface area contributed by atoms with Crippen LogP contribution in [0.4, 0.5) is 0 Å². The summed E-state index contributed by atoms with van der Waals surface area (Å²) >= 11 is 0. The average Bonchev–Trinajstić information content (AvgIpc) is 2.41. The molecular formula is C13H15NO5. The molecule has 0 spiro atoms. The first kappa shape index (κ1) is 13.2. The molecule has 1 fully saturated rings. The predicted molar refractivity (Wildman–Crippen MR) is 66.0 cm³/mol. The molecule has 1 saturated heterocycles. The van der Waals surface area contributed by atoms with Crippen LogP contribution in [0.25, 0.3) is 0 Å². The van der Waals surface area contributed by atoms with E-state index < -0.39 is 11.9 Å². The maximum atomic E-state index is 12.1. The number of likely N-dealkylation sites (tertiary alicyclic amines) is 1. The molecule has 102 valence electrons. The van der Waals surface area contributed by atoms with Gasteiger partial charge in [-0.3, -0.25) is 9.59 Å². The number of carboxylic acids is 1. The second-order valence-corrected chi connectivity index (χ2v) is 4.61. The third-order valence-corrected chi connectivity index (χ3v) is 3.35. The highest BCUT2D eigenvalue weighted by Gasteiger charge is 2.27. The van der Waals surface area contributed by atoms with E-state index in [9.17, 15) is 19.8 Å². The van der Waals surface area contributed by atoms with Crippen molar-refractivity contribution in [2.45, 2.75) is 12.8 Å². The minimum Gasteiger partial charge on any atom is -0.504 e. The number of piperidine rings is 1. The Morgan fingerprint density at radius 2 is 1.74 bits per heavy atom. The van der Waals surface area contributed by atoms with E-state index in [4.69, 9.17) is 5.11 Å². The highest BCUT2D eigenvalue weighted by Crippen LogP contribution is 2.26. The van der Waals surface area contributed by atoms with Crippen molar-refractivity contribution < 1.29 is 24.9 Å². The van der Waals surface area contributed by atoms with Crippen LogP contribution in [0.3, 0.4) is 0 Å². The van der Waals surface area contributed by atoms with E-state index in [2.05, 4.69) is 0 Å². The van der Waals surface area contributed by atoms with E-state index in [-0.39, 0.29) is 23.0 Å². The summed E-state index contributed by atoms with van der Waals surface area (Å²) < 4.78 is 0. The number of hydrogen-bond acceptors (Lipinski definition) is 4. The van der Waals surface area contributed by atoms with Crippen molar-refractivity contribution in [3.63, 3.8) is 0 Å². The largest absolute Gasteiger partial charge is 0.504 e. The van der Waals surface area contributed by atoms with Gasteiger partial charge in [-0.15, -0.1) is 0 Å². The summed E-state index contributed by atoms with van der Waals surface area (Å²) in [4.78, 5) is 24.5. The van der Waals surface area contributed by atoms with E-state index in [1.165, 1.54) is 18.2 Å².